The van der Waals surface area contributed by atoms with Crippen molar-refractivity contribution in [3.05, 3.63) is 12.7 Å². The smallest absolute Gasteiger partial charge is 0.330 e. The van der Waals surface area contributed by atoms with E-state index >= 15 is 0 Å². The monoisotopic (exact) mass is 215 g/mol. The lowest BCUT2D eigenvalue weighted by molar-refractivity contribution is -0.138. The minimum absolute atomic E-state index is 0.258. The molecule has 0 saturated carbocycles. The van der Waals surface area contributed by atoms with E-state index < -0.39 is 5.97 Å². The van der Waals surface area contributed by atoms with Crippen LogP contribution in [0.3, 0.4) is 0 Å². The maximum absolute atomic E-state index is 10.7. The molecule has 0 aliphatic rings. The molecule has 0 bridgehead atoms. The van der Waals surface area contributed by atoms with Crippen LogP contribution in [0.25, 0.3) is 0 Å². The molecule has 0 radical (unpaired) electrons. The fourth-order valence-electron chi connectivity index (χ4n) is 1.14. The highest BCUT2D eigenvalue weighted by atomic mass is 16.5. The molecule has 0 rings (SSSR count). The van der Waals surface area contributed by atoms with E-state index in [-0.39, 0.29) is 12.7 Å². The molecule has 4 nitrogen and oxygen atoms in total. The minimum Gasteiger partial charge on any atom is -0.462 e. The van der Waals surface area contributed by atoms with E-state index in [9.17, 15) is 9.90 Å². The predicted octanol–water partition coefficient (Wildman–Crippen LogP) is 0.808. The SMILES string of the molecule is C=CC(=O)OCCC(O)CCCN(C)C. The summed E-state index contributed by atoms with van der Waals surface area (Å²) in [6.45, 7) is 4.50. The summed E-state index contributed by atoms with van der Waals surface area (Å²) < 4.78 is 4.76. The Hall–Kier alpha value is -0.870. The normalized spacial score (nSPS) is 12.5. The van der Waals surface area contributed by atoms with Crippen molar-refractivity contribution < 1.29 is 14.6 Å². The first-order valence-electron chi connectivity index (χ1n) is 5.18. The summed E-state index contributed by atoms with van der Waals surface area (Å²) in [5.41, 5.74) is 0. The number of ether oxygens (including phenoxy) is 1. The molecular weight excluding hydrogens is 194 g/mol. The third kappa shape index (κ3) is 9.43. The molecule has 0 aromatic heterocycles. The van der Waals surface area contributed by atoms with Crippen LogP contribution < -0.4 is 0 Å². The number of rotatable bonds is 8. The van der Waals surface area contributed by atoms with Crippen LogP contribution in [0.1, 0.15) is 19.3 Å². The molecule has 0 aliphatic heterocycles. The van der Waals surface area contributed by atoms with E-state index in [2.05, 4.69) is 11.5 Å². The van der Waals surface area contributed by atoms with E-state index in [1.54, 1.807) is 0 Å². The van der Waals surface area contributed by atoms with Gasteiger partial charge in [0.1, 0.15) is 0 Å². The van der Waals surface area contributed by atoms with Crippen LogP contribution in [0, 0.1) is 0 Å². The van der Waals surface area contributed by atoms with Gasteiger partial charge in [0, 0.05) is 12.5 Å². The van der Waals surface area contributed by atoms with Crippen LogP contribution in [0.2, 0.25) is 0 Å². The van der Waals surface area contributed by atoms with Gasteiger partial charge in [-0.1, -0.05) is 6.58 Å². The highest BCUT2D eigenvalue weighted by Crippen LogP contribution is 2.02. The lowest BCUT2D eigenvalue weighted by atomic mass is 10.1. The summed E-state index contributed by atoms with van der Waals surface area (Å²) in [7, 11) is 4.00. The molecule has 0 aromatic rings. The van der Waals surface area contributed by atoms with Crippen LogP contribution in [0.4, 0.5) is 0 Å². The van der Waals surface area contributed by atoms with E-state index in [0.717, 1.165) is 25.5 Å². The highest BCUT2D eigenvalue weighted by Gasteiger charge is 2.05. The van der Waals surface area contributed by atoms with Crippen LogP contribution in [0.5, 0.6) is 0 Å². The molecule has 0 amide bonds. The van der Waals surface area contributed by atoms with E-state index in [1.165, 1.54) is 0 Å². The van der Waals surface area contributed by atoms with Crippen molar-refractivity contribution in [2.75, 3.05) is 27.2 Å². The molecule has 0 aromatic carbocycles. The number of hydrogen-bond donors (Lipinski definition) is 1. The Labute approximate surface area is 91.5 Å². The fourth-order valence-corrected chi connectivity index (χ4v) is 1.14. The molecular formula is C11H21NO3. The molecule has 1 atom stereocenters. The number of hydrogen-bond acceptors (Lipinski definition) is 4. The Bertz CT molecular complexity index is 192. The average molecular weight is 215 g/mol. The molecule has 15 heavy (non-hydrogen) atoms. The third-order valence-corrected chi connectivity index (χ3v) is 2.00. The Balaban J connectivity index is 3.36. The molecule has 88 valence electrons. The second-order valence-corrected chi connectivity index (χ2v) is 3.76. The van der Waals surface area contributed by atoms with Crippen molar-refractivity contribution in [2.24, 2.45) is 0 Å². The van der Waals surface area contributed by atoms with Gasteiger partial charge in [0.15, 0.2) is 0 Å². The molecule has 1 N–H and O–H groups in total. The zero-order valence-electron chi connectivity index (χ0n) is 9.61. The van der Waals surface area contributed by atoms with Gasteiger partial charge >= 0.3 is 5.97 Å². The molecule has 0 fully saturated rings. The summed E-state index contributed by atoms with van der Waals surface area (Å²) in [5, 5.41) is 9.51. The van der Waals surface area contributed by atoms with Gasteiger partial charge in [-0.05, 0) is 33.5 Å². The fraction of sp³-hybridized carbons (Fsp3) is 0.727. The van der Waals surface area contributed by atoms with E-state index in [1.807, 2.05) is 14.1 Å². The maximum atomic E-state index is 10.7. The van der Waals surface area contributed by atoms with Crippen molar-refractivity contribution in [2.45, 2.75) is 25.4 Å². The largest absolute Gasteiger partial charge is 0.462 e. The average Bonchev–Trinajstić information content (AvgIpc) is 2.17. The first kappa shape index (κ1) is 14.1. The van der Waals surface area contributed by atoms with Gasteiger partial charge in [0.25, 0.3) is 0 Å². The molecule has 0 heterocycles. The first-order valence-corrected chi connectivity index (χ1v) is 5.18. The van der Waals surface area contributed by atoms with Crippen LogP contribution in [0.15, 0.2) is 12.7 Å². The number of aliphatic hydroxyl groups is 1. The molecule has 1 unspecified atom stereocenters. The molecule has 0 saturated heterocycles. The second-order valence-electron chi connectivity index (χ2n) is 3.76. The second kappa shape index (κ2) is 8.44. The Morgan fingerprint density at radius 1 is 1.53 bits per heavy atom. The number of carbonyl (C=O) groups is 1. The van der Waals surface area contributed by atoms with Gasteiger partial charge in [0.2, 0.25) is 0 Å². The summed E-state index contributed by atoms with van der Waals surface area (Å²) in [6, 6.07) is 0. The quantitative estimate of drug-likeness (QED) is 0.481. The van der Waals surface area contributed by atoms with Gasteiger partial charge in [-0.15, -0.1) is 0 Å². The molecule has 4 heteroatoms. The van der Waals surface area contributed by atoms with E-state index in [4.69, 9.17) is 4.74 Å². The van der Waals surface area contributed by atoms with Crippen LogP contribution in [-0.4, -0.2) is 49.3 Å². The van der Waals surface area contributed by atoms with Gasteiger partial charge in [0.05, 0.1) is 12.7 Å². The number of nitrogens with zero attached hydrogens (tertiary/aromatic N) is 1. The lowest BCUT2D eigenvalue weighted by Crippen LogP contribution is -2.17. The van der Waals surface area contributed by atoms with Crippen LogP contribution in [-0.2, 0) is 9.53 Å². The zero-order chi connectivity index (χ0) is 11.7. The van der Waals surface area contributed by atoms with Gasteiger partial charge in [-0.25, -0.2) is 4.79 Å². The van der Waals surface area contributed by atoms with Gasteiger partial charge in [-0.2, -0.15) is 0 Å². The Morgan fingerprint density at radius 2 is 2.20 bits per heavy atom. The maximum Gasteiger partial charge on any atom is 0.330 e. The topological polar surface area (TPSA) is 49.8 Å². The zero-order valence-corrected chi connectivity index (χ0v) is 9.61. The molecule has 0 aliphatic carbocycles. The van der Waals surface area contributed by atoms with Crippen molar-refractivity contribution in [3.8, 4) is 0 Å². The van der Waals surface area contributed by atoms with Crippen molar-refractivity contribution >= 4 is 5.97 Å². The van der Waals surface area contributed by atoms with Crippen molar-refractivity contribution in [1.29, 1.82) is 0 Å². The minimum atomic E-state index is -0.435. The number of esters is 1. The van der Waals surface area contributed by atoms with Gasteiger partial charge < -0.3 is 14.7 Å². The predicted molar refractivity (Wildman–Crippen MR) is 59.6 cm³/mol. The van der Waals surface area contributed by atoms with Gasteiger partial charge in [-0.3, -0.25) is 0 Å². The Kier molecular flexibility index (Phi) is 7.95. The lowest BCUT2D eigenvalue weighted by Gasteiger charge is -2.12. The summed E-state index contributed by atoms with van der Waals surface area (Å²) in [4.78, 5) is 12.7. The standard InChI is InChI=1S/C11H21NO3/c1-4-11(14)15-9-7-10(13)6-5-8-12(2)3/h4,10,13H,1,5-9H2,2-3H3. The highest BCUT2D eigenvalue weighted by molar-refractivity contribution is 5.81. The summed E-state index contributed by atoms with van der Waals surface area (Å²) in [5.74, 6) is -0.435. The number of carbonyl (C=O) groups excluding carboxylic acids is 1. The van der Waals surface area contributed by atoms with Crippen LogP contribution >= 0.6 is 0 Å². The molecule has 0 spiro atoms. The van der Waals surface area contributed by atoms with Crippen molar-refractivity contribution in [1.82, 2.24) is 4.90 Å². The summed E-state index contributed by atoms with van der Waals surface area (Å²) in [6.07, 6.45) is 2.92. The number of aliphatic hydroxyl groups excluding tert-OH is 1. The first-order chi connectivity index (χ1) is 7.06. The summed E-state index contributed by atoms with van der Waals surface area (Å²) >= 11 is 0. The van der Waals surface area contributed by atoms with E-state index in [0.29, 0.717) is 6.42 Å². The third-order valence-electron chi connectivity index (χ3n) is 2.00. The Morgan fingerprint density at radius 3 is 2.73 bits per heavy atom. The van der Waals surface area contributed by atoms with Crippen molar-refractivity contribution in [3.63, 3.8) is 0 Å².